The van der Waals surface area contributed by atoms with Crippen molar-refractivity contribution in [2.45, 2.75) is 24.3 Å². The van der Waals surface area contributed by atoms with Crippen molar-refractivity contribution in [1.82, 2.24) is 14.9 Å². The van der Waals surface area contributed by atoms with E-state index in [4.69, 9.17) is 0 Å². The minimum atomic E-state index is -0.502. The minimum Gasteiger partial charge on any atom is -0.355 e. The summed E-state index contributed by atoms with van der Waals surface area (Å²) in [5.74, 6) is -0.162. The summed E-state index contributed by atoms with van der Waals surface area (Å²) in [6.07, 6.45) is 0. The topological polar surface area (TPSA) is 107 Å². The van der Waals surface area contributed by atoms with E-state index in [2.05, 4.69) is 10.3 Å². The first-order chi connectivity index (χ1) is 13.4. The number of nitro benzene ring substituents is 1. The van der Waals surface area contributed by atoms with Crippen LogP contribution >= 0.6 is 11.8 Å². The molecule has 1 aromatic heterocycles. The van der Waals surface area contributed by atoms with Crippen molar-refractivity contribution in [3.8, 4) is 5.69 Å². The zero-order valence-corrected chi connectivity index (χ0v) is 16.1. The number of aromatic nitrogens is 2. The number of para-hydroxylation sites is 1. The number of hydrogen-bond donors (Lipinski definition) is 1. The zero-order chi connectivity index (χ0) is 20.3. The molecule has 9 heteroatoms. The van der Waals surface area contributed by atoms with Gasteiger partial charge in [-0.05, 0) is 38.1 Å². The summed E-state index contributed by atoms with van der Waals surface area (Å²) in [5, 5.41) is 14.0. The molecule has 28 heavy (non-hydrogen) atoms. The minimum absolute atomic E-state index is 0.0737. The molecule has 1 N–H and O–H groups in total. The molecule has 0 fully saturated rings. The van der Waals surface area contributed by atoms with Crippen molar-refractivity contribution in [2.24, 2.45) is 0 Å². The summed E-state index contributed by atoms with van der Waals surface area (Å²) in [7, 11) is 0. The molecule has 3 aromatic rings. The lowest BCUT2D eigenvalue weighted by Crippen LogP contribution is -2.31. The number of rotatable bonds is 6. The van der Waals surface area contributed by atoms with Gasteiger partial charge >= 0.3 is 0 Å². The molecule has 0 aliphatic heterocycles. The molecule has 0 spiro atoms. The molecule has 3 rings (SSSR count). The highest BCUT2D eigenvalue weighted by Gasteiger charge is 2.20. The number of hydrogen-bond acceptors (Lipinski definition) is 6. The molecule has 8 nitrogen and oxygen atoms in total. The van der Waals surface area contributed by atoms with Gasteiger partial charge in [-0.25, -0.2) is 4.98 Å². The van der Waals surface area contributed by atoms with Gasteiger partial charge in [0.1, 0.15) is 0 Å². The Morgan fingerprint density at radius 1 is 1.25 bits per heavy atom. The van der Waals surface area contributed by atoms with Crippen LogP contribution in [0.15, 0.2) is 58.5 Å². The lowest BCUT2D eigenvalue weighted by molar-refractivity contribution is -0.384. The SMILES string of the molecule is CCNC(=O)[C@@H](C)Sc1nc2ccccc2c(=O)n1-c1ccc([N+](=O)[O-])cc1. The maximum absolute atomic E-state index is 13.1. The smallest absolute Gasteiger partial charge is 0.269 e. The van der Waals surface area contributed by atoms with E-state index in [1.165, 1.54) is 28.8 Å². The van der Waals surface area contributed by atoms with Crippen LogP contribution in [0.1, 0.15) is 13.8 Å². The lowest BCUT2D eigenvalue weighted by atomic mass is 10.2. The predicted octanol–water partition coefficient (Wildman–Crippen LogP) is 2.91. The largest absolute Gasteiger partial charge is 0.355 e. The Hall–Kier alpha value is -3.20. The van der Waals surface area contributed by atoms with Gasteiger partial charge in [-0.15, -0.1) is 0 Å². The third-order valence-electron chi connectivity index (χ3n) is 4.07. The van der Waals surface area contributed by atoms with Crippen molar-refractivity contribution in [3.63, 3.8) is 0 Å². The second-order valence-corrected chi connectivity index (χ2v) is 7.29. The normalized spacial score (nSPS) is 11.9. The molecule has 144 valence electrons. The maximum atomic E-state index is 13.1. The monoisotopic (exact) mass is 398 g/mol. The number of nitrogens with zero attached hydrogens (tertiary/aromatic N) is 3. The first-order valence-electron chi connectivity index (χ1n) is 8.63. The molecule has 0 aliphatic carbocycles. The summed E-state index contributed by atoms with van der Waals surface area (Å²) >= 11 is 1.16. The maximum Gasteiger partial charge on any atom is 0.269 e. The van der Waals surface area contributed by atoms with Crippen molar-refractivity contribution >= 4 is 34.3 Å². The first-order valence-corrected chi connectivity index (χ1v) is 9.51. The summed E-state index contributed by atoms with van der Waals surface area (Å²) in [6.45, 7) is 4.07. The highest BCUT2D eigenvalue weighted by Crippen LogP contribution is 2.26. The first kappa shape index (κ1) is 19.6. The van der Waals surface area contributed by atoms with Crippen LogP contribution < -0.4 is 10.9 Å². The Bertz CT molecular complexity index is 1100. The van der Waals surface area contributed by atoms with Gasteiger partial charge in [0.2, 0.25) is 5.91 Å². The number of nitrogens with one attached hydrogen (secondary N) is 1. The molecule has 0 unspecified atom stereocenters. The van der Waals surface area contributed by atoms with Crippen LogP contribution in [0.2, 0.25) is 0 Å². The molecule has 1 atom stereocenters. The number of non-ortho nitro benzene ring substituents is 1. The molecule has 0 aliphatic rings. The Balaban J connectivity index is 2.15. The van der Waals surface area contributed by atoms with E-state index in [0.717, 1.165) is 11.8 Å². The zero-order valence-electron chi connectivity index (χ0n) is 15.3. The average molecular weight is 398 g/mol. The number of benzene rings is 2. The van der Waals surface area contributed by atoms with E-state index in [1.807, 2.05) is 6.92 Å². The van der Waals surface area contributed by atoms with Gasteiger partial charge in [0.15, 0.2) is 5.16 Å². The highest BCUT2D eigenvalue weighted by atomic mass is 32.2. The number of nitro groups is 1. The predicted molar refractivity (Wildman–Crippen MR) is 108 cm³/mol. The summed E-state index contributed by atoms with van der Waals surface area (Å²) in [6, 6.07) is 12.6. The van der Waals surface area contributed by atoms with E-state index in [9.17, 15) is 19.7 Å². The van der Waals surface area contributed by atoms with E-state index in [1.54, 1.807) is 31.2 Å². The molecule has 2 aromatic carbocycles. The highest BCUT2D eigenvalue weighted by molar-refractivity contribution is 8.00. The van der Waals surface area contributed by atoms with E-state index < -0.39 is 10.2 Å². The standard InChI is InChI=1S/C19H18N4O4S/c1-3-20-17(24)12(2)28-19-21-16-7-5-4-6-15(16)18(25)22(19)13-8-10-14(11-9-13)23(26)27/h4-12H,3H2,1-2H3,(H,20,24)/t12-/m1/s1. The van der Waals surface area contributed by atoms with Crippen LogP contribution in [0.3, 0.4) is 0 Å². The molecule has 1 heterocycles. The third-order valence-corrected chi connectivity index (χ3v) is 5.12. The van der Waals surface area contributed by atoms with Gasteiger partial charge in [0, 0.05) is 18.7 Å². The van der Waals surface area contributed by atoms with E-state index in [0.29, 0.717) is 28.3 Å². The van der Waals surface area contributed by atoms with Gasteiger partial charge in [-0.3, -0.25) is 24.3 Å². The Labute approximate surface area is 164 Å². The fourth-order valence-electron chi connectivity index (χ4n) is 2.67. The Kier molecular flexibility index (Phi) is 5.74. The molecule has 0 radical (unpaired) electrons. The van der Waals surface area contributed by atoms with Crippen LogP contribution in [-0.4, -0.2) is 32.2 Å². The van der Waals surface area contributed by atoms with Crippen molar-refractivity contribution < 1.29 is 9.72 Å². The molecular weight excluding hydrogens is 380 g/mol. The number of thioether (sulfide) groups is 1. The number of fused-ring (bicyclic) bond motifs is 1. The van der Waals surface area contributed by atoms with Crippen LogP contribution in [0, 0.1) is 10.1 Å². The average Bonchev–Trinajstić information content (AvgIpc) is 2.68. The van der Waals surface area contributed by atoms with Crippen LogP contribution in [-0.2, 0) is 4.79 Å². The van der Waals surface area contributed by atoms with Gasteiger partial charge in [0.25, 0.3) is 11.2 Å². The van der Waals surface area contributed by atoms with Gasteiger partial charge in [0.05, 0.1) is 26.8 Å². The van der Waals surface area contributed by atoms with Gasteiger partial charge < -0.3 is 5.32 Å². The Morgan fingerprint density at radius 2 is 1.93 bits per heavy atom. The summed E-state index contributed by atoms with van der Waals surface area (Å²) < 4.78 is 1.38. The fraction of sp³-hybridized carbons (Fsp3) is 0.211. The van der Waals surface area contributed by atoms with Crippen molar-refractivity contribution in [1.29, 1.82) is 0 Å². The van der Waals surface area contributed by atoms with Crippen molar-refractivity contribution in [3.05, 3.63) is 69.0 Å². The third kappa shape index (κ3) is 3.89. The van der Waals surface area contributed by atoms with Crippen LogP contribution in [0.4, 0.5) is 5.69 Å². The van der Waals surface area contributed by atoms with Crippen LogP contribution in [0.5, 0.6) is 0 Å². The summed E-state index contributed by atoms with van der Waals surface area (Å²) in [4.78, 5) is 40.2. The number of carbonyl (C=O) groups excluding carboxylic acids is 1. The van der Waals surface area contributed by atoms with E-state index >= 15 is 0 Å². The second-order valence-electron chi connectivity index (χ2n) is 5.98. The van der Waals surface area contributed by atoms with E-state index in [-0.39, 0.29) is 17.2 Å². The second kappa shape index (κ2) is 8.22. The molecule has 1 amide bonds. The lowest BCUT2D eigenvalue weighted by Gasteiger charge is -2.16. The molecule has 0 saturated heterocycles. The quantitative estimate of drug-likeness (QED) is 0.296. The van der Waals surface area contributed by atoms with Gasteiger partial charge in [-0.2, -0.15) is 0 Å². The molecule has 0 saturated carbocycles. The molecular formula is C19H18N4O4S. The number of amides is 1. The fourth-order valence-corrected chi connectivity index (χ4v) is 3.62. The van der Waals surface area contributed by atoms with Crippen molar-refractivity contribution in [2.75, 3.05) is 6.54 Å². The Morgan fingerprint density at radius 3 is 2.57 bits per heavy atom. The van der Waals surface area contributed by atoms with Gasteiger partial charge in [-0.1, -0.05) is 23.9 Å². The molecule has 0 bridgehead atoms. The van der Waals surface area contributed by atoms with Crippen LogP contribution in [0.25, 0.3) is 16.6 Å². The number of carbonyl (C=O) groups is 1. The summed E-state index contributed by atoms with van der Waals surface area (Å²) in [5.41, 5.74) is 0.594.